The van der Waals surface area contributed by atoms with Crippen LogP contribution in [-0.2, 0) is 6.54 Å². The first-order valence-electron chi connectivity index (χ1n) is 5.64. The van der Waals surface area contributed by atoms with Crippen LogP contribution >= 0.6 is 11.6 Å². The number of nitrogens with zero attached hydrogens (tertiary/aromatic N) is 3. The molecule has 0 aliphatic heterocycles. The van der Waals surface area contributed by atoms with Crippen LogP contribution in [0.4, 0.5) is 5.95 Å². The Morgan fingerprint density at radius 1 is 1.41 bits per heavy atom. The van der Waals surface area contributed by atoms with Gasteiger partial charge < -0.3 is 5.73 Å². The quantitative estimate of drug-likeness (QED) is 0.894. The fraction of sp³-hybridized carbons (Fsp3) is 0.500. The molecule has 0 fully saturated rings. The lowest BCUT2D eigenvalue weighted by Gasteiger charge is -2.18. The first kappa shape index (κ1) is 12.2. The van der Waals surface area contributed by atoms with E-state index in [1.54, 1.807) is 12.3 Å². The minimum Gasteiger partial charge on any atom is -0.369 e. The van der Waals surface area contributed by atoms with Crippen LogP contribution in [0, 0.1) is 5.41 Å². The van der Waals surface area contributed by atoms with Gasteiger partial charge in [0, 0.05) is 12.7 Å². The summed E-state index contributed by atoms with van der Waals surface area (Å²) in [5.41, 5.74) is 7.72. The normalized spacial score (nSPS) is 12.2. The third-order valence-corrected chi connectivity index (χ3v) is 2.87. The Morgan fingerprint density at radius 2 is 2.12 bits per heavy atom. The van der Waals surface area contributed by atoms with Crippen LogP contribution in [0.3, 0.4) is 0 Å². The van der Waals surface area contributed by atoms with Gasteiger partial charge in [-0.25, -0.2) is 9.97 Å². The van der Waals surface area contributed by atoms with Crippen LogP contribution in [0.5, 0.6) is 0 Å². The summed E-state index contributed by atoms with van der Waals surface area (Å²) in [7, 11) is 0. The number of hydrogen-bond donors (Lipinski definition) is 1. The van der Waals surface area contributed by atoms with Gasteiger partial charge in [-0.05, 0) is 17.9 Å². The highest BCUT2D eigenvalue weighted by Gasteiger charge is 2.14. The molecule has 0 saturated carbocycles. The van der Waals surface area contributed by atoms with Gasteiger partial charge in [0.25, 0.3) is 0 Å². The zero-order chi connectivity index (χ0) is 12.6. The molecule has 0 aromatic carbocycles. The van der Waals surface area contributed by atoms with Crippen molar-refractivity contribution in [3.8, 4) is 0 Å². The zero-order valence-corrected chi connectivity index (χ0v) is 11.1. The molecule has 0 aliphatic rings. The fourth-order valence-electron chi connectivity index (χ4n) is 1.67. The lowest BCUT2D eigenvalue weighted by molar-refractivity contribution is 0.353. The molecular formula is C12H17ClN4. The number of anilines is 1. The zero-order valence-electron chi connectivity index (χ0n) is 10.4. The highest BCUT2D eigenvalue weighted by Crippen LogP contribution is 2.24. The Bertz CT molecular complexity index is 539. The van der Waals surface area contributed by atoms with E-state index in [0.717, 1.165) is 24.1 Å². The van der Waals surface area contributed by atoms with Gasteiger partial charge in [-0.1, -0.05) is 32.4 Å². The standard InChI is InChI=1S/C12H17ClN4/c1-12(2,3)4-5-17-10-9(16-11(17)14)6-8(13)7-15-10/h6-7H,4-5H2,1-3H3,(H2,14,16). The van der Waals surface area contributed by atoms with E-state index in [2.05, 4.69) is 30.7 Å². The average molecular weight is 253 g/mol. The predicted molar refractivity (Wildman–Crippen MR) is 71.0 cm³/mol. The van der Waals surface area contributed by atoms with Crippen molar-refractivity contribution in [3.05, 3.63) is 17.3 Å². The number of imidazole rings is 1. The number of aryl methyl sites for hydroxylation is 1. The molecule has 2 aromatic heterocycles. The molecule has 0 atom stereocenters. The predicted octanol–water partition coefficient (Wildman–Crippen LogP) is 3.10. The van der Waals surface area contributed by atoms with E-state index >= 15 is 0 Å². The molecule has 92 valence electrons. The molecule has 2 aromatic rings. The molecule has 0 bridgehead atoms. The lowest BCUT2D eigenvalue weighted by Crippen LogP contribution is -2.12. The van der Waals surface area contributed by atoms with E-state index in [1.165, 1.54) is 0 Å². The van der Waals surface area contributed by atoms with Gasteiger partial charge in [0.1, 0.15) is 5.52 Å². The van der Waals surface area contributed by atoms with Crippen molar-refractivity contribution in [2.75, 3.05) is 5.73 Å². The second kappa shape index (κ2) is 4.18. The number of nitrogen functional groups attached to an aromatic ring is 1. The maximum atomic E-state index is 5.90. The minimum atomic E-state index is 0.259. The molecule has 0 amide bonds. The van der Waals surface area contributed by atoms with Crippen molar-refractivity contribution in [2.45, 2.75) is 33.7 Å². The van der Waals surface area contributed by atoms with Crippen LogP contribution in [-0.4, -0.2) is 14.5 Å². The SMILES string of the molecule is CC(C)(C)CCn1c(N)nc2cc(Cl)cnc21. The van der Waals surface area contributed by atoms with Gasteiger partial charge in [-0.3, -0.25) is 4.57 Å². The van der Waals surface area contributed by atoms with Crippen LogP contribution in [0.1, 0.15) is 27.2 Å². The Balaban J connectivity index is 2.36. The number of halogens is 1. The van der Waals surface area contributed by atoms with Gasteiger partial charge in [-0.2, -0.15) is 0 Å². The summed E-state index contributed by atoms with van der Waals surface area (Å²) in [5.74, 6) is 0.499. The van der Waals surface area contributed by atoms with Crippen LogP contribution < -0.4 is 5.73 Å². The number of pyridine rings is 1. The first-order chi connectivity index (χ1) is 7.87. The summed E-state index contributed by atoms with van der Waals surface area (Å²) >= 11 is 5.88. The summed E-state index contributed by atoms with van der Waals surface area (Å²) in [6.07, 6.45) is 2.64. The van der Waals surface area contributed by atoms with Crippen LogP contribution in [0.25, 0.3) is 11.2 Å². The van der Waals surface area contributed by atoms with E-state index in [-0.39, 0.29) is 5.41 Å². The Kier molecular flexibility index (Phi) is 3.00. The molecule has 0 aliphatic carbocycles. The van der Waals surface area contributed by atoms with Crippen molar-refractivity contribution in [1.29, 1.82) is 0 Å². The Morgan fingerprint density at radius 3 is 2.76 bits per heavy atom. The van der Waals surface area contributed by atoms with E-state index in [9.17, 15) is 0 Å². The molecule has 0 unspecified atom stereocenters. The fourth-order valence-corrected chi connectivity index (χ4v) is 1.82. The van der Waals surface area contributed by atoms with Crippen molar-refractivity contribution >= 4 is 28.7 Å². The number of rotatable bonds is 2. The smallest absolute Gasteiger partial charge is 0.202 e. The van der Waals surface area contributed by atoms with Gasteiger partial charge in [-0.15, -0.1) is 0 Å². The molecule has 0 radical (unpaired) electrons. The van der Waals surface area contributed by atoms with Crippen LogP contribution in [0.2, 0.25) is 5.02 Å². The van der Waals surface area contributed by atoms with Gasteiger partial charge >= 0.3 is 0 Å². The summed E-state index contributed by atoms with van der Waals surface area (Å²) in [6.45, 7) is 7.42. The van der Waals surface area contributed by atoms with Crippen LogP contribution in [0.15, 0.2) is 12.3 Å². The van der Waals surface area contributed by atoms with Crippen molar-refractivity contribution in [1.82, 2.24) is 14.5 Å². The average Bonchev–Trinajstić information content (AvgIpc) is 2.48. The summed E-state index contributed by atoms with van der Waals surface area (Å²) in [5, 5.41) is 0.581. The lowest BCUT2D eigenvalue weighted by atomic mass is 9.92. The highest BCUT2D eigenvalue weighted by molar-refractivity contribution is 6.31. The largest absolute Gasteiger partial charge is 0.369 e. The molecule has 2 rings (SSSR count). The molecule has 0 spiro atoms. The van der Waals surface area contributed by atoms with E-state index in [4.69, 9.17) is 17.3 Å². The van der Waals surface area contributed by atoms with E-state index in [1.807, 2.05) is 4.57 Å². The molecule has 2 heterocycles. The Labute approximate surface area is 106 Å². The molecule has 2 N–H and O–H groups in total. The summed E-state index contributed by atoms with van der Waals surface area (Å²) in [6, 6.07) is 1.79. The number of hydrogen-bond acceptors (Lipinski definition) is 3. The summed E-state index contributed by atoms with van der Waals surface area (Å²) < 4.78 is 1.94. The number of nitrogens with two attached hydrogens (primary N) is 1. The van der Waals surface area contributed by atoms with E-state index in [0.29, 0.717) is 11.0 Å². The summed E-state index contributed by atoms with van der Waals surface area (Å²) in [4.78, 5) is 8.56. The maximum absolute atomic E-state index is 5.90. The molecule has 4 nitrogen and oxygen atoms in total. The highest BCUT2D eigenvalue weighted by atomic mass is 35.5. The second-order valence-corrected chi connectivity index (χ2v) is 5.87. The molecule has 5 heteroatoms. The number of aromatic nitrogens is 3. The number of fused-ring (bicyclic) bond motifs is 1. The molecular weight excluding hydrogens is 236 g/mol. The Hall–Kier alpha value is -1.29. The third-order valence-electron chi connectivity index (χ3n) is 2.67. The monoisotopic (exact) mass is 252 g/mol. The van der Waals surface area contributed by atoms with Gasteiger partial charge in [0.15, 0.2) is 5.65 Å². The van der Waals surface area contributed by atoms with Gasteiger partial charge in [0.2, 0.25) is 5.95 Å². The second-order valence-electron chi connectivity index (χ2n) is 5.43. The molecule has 0 saturated heterocycles. The minimum absolute atomic E-state index is 0.259. The topological polar surface area (TPSA) is 56.7 Å². The maximum Gasteiger partial charge on any atom is 0.202 e. The van der Waals surface area contributed by atoms with E-state index < -0.39 is 0 Å². The molecule has 17 heavy (non-hydrogen) atoms. The first-order valence-corrected chi connectivity index (χ1v) is 6.02. The van der Waals surface area contributed by atoms with Gasteiger partial charge in [0.05, 0.1) is 5.02 Å². The third kappa shape index (κ3) is 2.69. The van der Waals surface area contributed by atoms with Crippen molar-refractivity contribution < 1.29 is 0 Å². The van der Waals surface area contributed by atoms with Crippen molar-refractivity contribution in [3.63, 3.8) is 0 Å². The van der Waals surface area contributed by atoms with Crippen molar-refractivity contribution in [2.24, 2.45) is 5.41 Å².